The highest BCUT2D eigenvalue weighted by Gasteiger charge is 2.41. The number of rotatable bonds is 4. The molecule has 0 spiro atoms. The van der Waals surface area contributed by atoms with Crippen molar-refractivity contribution in [1.82, 2.24) is 9.21 Å². The Balaban J connectivity index is 2.29. The van der Waals surface area contributed by atoms with Crippen molar-refractivity contribution in [3.63, 3.8) is 0 Å². The lowest BCUT2D eigenvalue weighted by molar-refractivity contribution is -0.143. The van der Waals surface area contributed by atoms with Crippen LogP contribution in [0.5, 0.6) is 0 Å². The summed E-state index contributed by atoms with van der Waals surface area (Å²) in [6, 6.07) is 2.26. The fourth-order valence-corrected chi connectivity index (χ4v) is 5.16. The maximum absolute atomic E-state index is 12.5. The molecule has 0 radical (unpaired) electrons. The Morgan fingerprint density at radius 1 is 1.50 bits per heavy atom. The lowest BCUT2D eigenvalue weighted by atomic mass is 9.99. The first-order chi connectivity index (χ1) is 9.34. The van der Waals surface area contributed by atoms with Crippen LogP contribution in [0.15, 0.2) is 21.7 Å². The Labute approximate surface area is 122 Å². The normalized spacial score (nSPS) is 24.9. The lowest BCUT2D eigenvalue weighted by Crippen LogP contribution is -2.53. The van der Waals surface area contributed by atoms with Gasteiger partial charge in [0, 0.05) is 12.6 Å². The summed E-state index contributed by atoms with van der Waals surface area (Å²) in [5.74, 6) is -1.09. The minimum absolute atomic E-state index is 0.0888. The van der Waals surface area contributed by atoms with Gasteiger partial charge in [-0.3, -0.25) is 4.79 Å². The average Bonchev–Trinajstić information content (AvgIpc) is 2.92. The smallest absolute Gasteiger partial charge is 0.322 e. The highest BCUT2D eigenvalue weighted by atomic mass is 32.2. The first-order valence-corrected chi connectivity index (χ1v) is 8.60. The van der Waals surface area contributed by atoms with Crippen LogP contribution in [0.25, 0.3) is 0 Å². The minimum Gasteiger partial charge on any atom is -0.480 e. The third kappa shape index (κ3) is 2.88. The molecule has 20 heavy (non-hydrogen) atoms. The van der Waals surface area contributed by atoms with Crippen molar-refractivity contribution in [2.45, 2.75) is 29.1 Å². The molecule has 1 fully saturated rings. The van der Waals surface area contributed by atoms with Gasteiger partial charge in [-0.1, -0.05) is 6.07 Å². The van der Waals surface area contributed by atoms with Crippen molar-refractivity contribution >= 4 is 27.3 Å². The molecule has 1 aromatic rings. The molecule has 2 unspecified atom stereocenters. The maximum atomic E-state index is 12.5. The number of piperidine rings is 1. The monoisotopic (exact) mass is 318 g/mol. The van der Waals surface area contributed by atoms with Crippen molar-refractivity contribution in [3.05, 3.63) is 17.5 Å². The molecule has 1 saturated heterocycles. The van der Waals surface area contributed by atoms with Crippen LogP contribution in [-0.2, 0) is 14.8 Å². The first kappa shape index (κ1) is 15.4. The molecule has 1 aliphatic heterocycles. The first-order valence-electron chi connectivity index (χ1n) is 6.28. The predicted octanol–water partition coefficient (Wildman–Crippen LogP) is 0.916. The highest BCUT2D eigenvalue weighted by molar-refractivity contribution is 7.91. The maximum Gasteiger partial charge on any atom is 0.322 e. The summed E-state index contributed by atoms with van der Waals surface area (Å²) in [4.78, 5) is 13.4. The van der Waals surface area contributed by atoms with Crippen LogP contribution < -0.4 is 0 Å². The zero-order chi connectivity index (χ0) is 14.9. The van der Waals surface area contributed by atoms with E-state index in [0.29, 0.717) is 12.8 Å². The molecule has 2 atom stereocenters. The summed E-state index contributed by atoms with van der Waals surface area (Å²) >= 11 is 1.11. The molecule has 0 amide bonds. The van der Waals surface area contributed by atoms with Gasteiger partial charge in [-0.15, -0.1) is 11.3 Å². The van der Waals surface area contributed by atoms with E-state index in [0.717, 1.165) is 15.6 Å². The standard InChI is InChI=1S/C12H18N2O4S2/c1-13(2)9-5-6-14(10(8-9)12(15)16)20(17,18)11-4-3-7-19-11/h3-4,7,9-10H,5-6,8H2,1-2H3,(H,15,16). The van der Waals surface area contributed by atoms with Gasteiger partial charge in [0.25, 0.3) is 10.0 Å². The third-order valence-electron chi connectivity index (χ3n) is 3.60. The molecule has 112 valence electrons. The third-order valence-corrected chi connectivity index (χ3v) is 6.88. The van der Waals surface area contributed by atoms with Crippen molar-refractivity contribution < 1.29 is 18.3 Å². The fraction of sp³-hybridized carbons (Fsp3) is 0.583. The predicted molar refractivity (Wildman–Crippen MR) is 76.3 cm³/mol. The van der Waals surface area contributed by atoms with E-state index in [2.05, 4.69) is 0 Å². The second-order valence-electron chi connectivity index (χ2n) is 5.04. The molecule has 6 nitrogen and oxygen atoms in total. The zero-order valence-corrected chi connectivity index (χ0v) is 13.0. The lowest BCUT2D eigenvalue weighted by Gasteiger charge is -2.38. The SMILES string of the molecule is CN(C)C1CCN(S(=O)(=O)c2cccs2)C(C(=O)O)C1. The van der Waals surface area contributed by atoms with Crippen LogP contribution in [0, 0.1) is 0 Å². The molecule has 8 heteroatoms. The van der Waals surface area contributed by atoms with Crippen LogP contribution in [0.2, 0.25) is 0 Å². The highest BCUT2D eigenvalue weighted by Crippen LogP contribution is 2.29. The number of nitrogens with zero attached hydrogens (tertiary/aromatic N) is 2. The van der Waals surface area contributed by atoms with Gasteiger partial charge in [0.15, 0.2) is 0 Å². The molecule has 1 N–H and O–H groups in total. The van der Waals surface area contributed by atoms with E-state index in [4.69, 9.17) is 0 Å². The van der Waals surface area contributed by atoms with Gasteiger partial charge in [0.2, 0.25) is 0 Å². The average molecular weight is 318 g/mol. The Kier molecular flexibility index (Phi) is 4.48. The van der Waals surface area contributed by atoms with Crippen LogP contribution in [0.1, 0.15) is 12.8 Å². The second-order valence-corrected chi connectivity index (χ2v) is 8.11. The molecule has 1 aromatic heterocycles. The summed E-state index contributed by atoms with van der Waals surface area (Å²) in [6.07, 6.45) is 0.953. The number of carboxylic acid groups (broad SMARTS) is 1. The van der Waals surface area contributed by atoms with E-state index >= 15 is 0 Å². The molecule has 0 aromatic carbocycles. The minimum atomic E-state index is -3.71. The molecular formula is C12H18N2O4S2. The van der Waals surface area contributed by atoms with Crippen molar-refractivity contribution in [3.8, 4) is 0 Å². The number of aliphatic carboxylic acids is 1. The largest absolute Gasteiger partial charge is 0.480 e. The van der Waals surface area contributed by atoms with Gasteiger partial charge in [-0.2, -0.15) is 4.31 Å². The summed E-state index contributed by atoms with van der Waals surface area (Å²) in [5, 5.41) is 11.0. The van der Waals surface area contributed by atoms with E-state index in [1.165, 1.54) is 6.07 Å². The number of hydrogen-bond donors (Lipinski definition) is 1. The molecule has 2 heterocycles. The Hall–Kier alpha value is -0.960. The number of thiophene rings is 1. The molecule has 0 saturated carbocycles. The summed E-state index contributed by atoms with van der Waals surface area (Å²) in [6.45, 7) is 0.236. The molecule has 0 bridgehead atoms. The van der Waals surface area contributed by atoms with Crippen molar-refractivity contribution in [2.24, 2.45) is 0 Å². The molecule has 2 rings (SSSR count). The number of hydrogen-bond acceptors (Lipinski definition) is 5. The summed E-state index contributed by atoms with van der Waals surface area (Å²) in [5.41, 5.74) is 0. The topological polar surface area (TPSA) is 77.9 Å². The summed E-state index contributed by atoms with van der Waals surface area (Å²) < 4.78 is 26.3. The van der Waals surface area contributed by atoms with Crippen LogP contribution >= 0.6 is 11.3 Å². The zero-order valence-electron chi connectivity index (χ0n) is 11.4. The van der Waals surface area contributed by atoms with Gasteiger partial charge in [-0.05, 0) is 38.4 Å². The van der Waals surface area contributed by atoms with Crippen molar-refractivity contribution in [2.75, 3.05) is 20.6 Å². The van der Waals surface area contributed by atoms with E-state index < -0.39 is 22.0 Å². The van der Waals surface area contributed by atoms with E-state index in [-0.39, 0.29) is 16.8 Å². The number of carboxylic acids is 1. The molecule has 0 aliphatic carbocycles. The van der Waals surface area contributed by atoms with E-state index in [1.807, 2.05) is 19.0 Å². The summed E-state index contributed by atoms with van der Waals surface area (Å²) in [7, 11) is 0.0544. The number of sulfonamides is 1. The van der Waals surface area contributed by atoms with E-state index in [9.17, 15) is 18.3 Å². The van der Waals surface area contributed by atoms with Crippen LogP contribution in [0.3, 0.4) is 0 Å². The Morgan fingerprint density at radius 3 is 2.70 bits per heavy atom. The van der Waals surface area contributed by atoms with Gasteiger partial charge >= 0.3 is 5.97 Å². The quantitative estimate of drug-likeness (QED) is 0.893. The van der Waals surface area contributed by atoms with Crippen LogP contribution in [-0.4, -0.2) is 61.4 Å². The Morgan fingerprint density at radius 2 is 2.20 bits per heavy atom. The van der Waals surface area contributed by atoms with E-state index in [1.54, 1.807) is 11.4 Å². The van der Waals surface area contributed by atoms with Crippen LogP contribution in [0.4, 0.5) is 0 Å². The second kappa shape index (κ2) is 5.80. The number of carbonyl (C=O) groups is 1. The van der Waals surface area contributed by atoms with Gasteiger partial charge in [-0.25, -0.2) is 8.42 Å². The van der Waals surface area contributed by atoms with Gasteiger partial charge < -0.3 is 10.0 Å². The van der Waals surface area contributed by atoms with Gasteiger partial charge in [0.05, 0.1) is 0 Å². The van der Waals surface area contributed by atoms with Gasteiger partial charge in [0.1, 0.15) is 10.3 Å². The Bertz CT molecular complexity index is 568. The fourth-order valence-electron chi connectivity index (χ4n) is 2.43. The molecular weight excluding hydrogens is 300 g/mol. The molecule has 1 aliphatic rings. The van der Waals surface area contributed by atoms with Crippen molar-refractivity contribution in [1.29, 1.82) is 0 Å².